The zero-order valence-corrected chi connectivity index (χ0v) is 12.9. The molecule has 0 unspecified atom stereocenters. The fourth-order valence-electron chi connectivity index (χ4n) is 1.89. The SMILES string of the molecule is Cc1ccccc1NC(=O)N(Cc1cccs1)C(=O)CC#N. The molecule has 0 radical (unpaired) electrons. The van der Waals surface area contributed by atoms with Crippen molar-refractivity contribution in [1.29, 1.82) is 5.26 Å². The summed E-state index contributed by atoms with van der Waals surface area (Å²) < 4.78 is 0. The van der Waals surface area contributed by atoms with Crippen LogP contribution < -0.4 is 5.32 Å². The summed E-state index contributed by atoms with van der Waals surface area (Å²) in [4.78, 5) is 26.4. The normalized spacial score (nSPS) is 9.82. The number of nitrogens with zero attached hydrogens (tertiary/aromatic N) is 2. The predicted octanol–water partition coefficient (Wildman–Crippen LogP) is 3.53. The van der Waals surface area contributed by atoms with Crippen molar-refractivity contribution in [3.63, 3.8) is 0 Å². The van der Waals surface area contributed by atoms with E-state index < -0.39 is 11.9 Å². The minimum atomic E-state index is -0.525. The van der Waals surface area contributed by atoms with Crippen molar-refractivity contribution in [2.75, 3.05) is 5.32 Å². The molecule has 3 amide bonds. The van der Waals surface area contributed by atoms with Crippen LogP contribution in [0, 0.1) is 18.3 Å². The summed E-state index contributed by atoms with van der Waals surface area (Å²) in [7, 11) is 0. The third kappa shape index (κ3) is 3.93. The smallest absolute Gasteiger partial charge is 0.307 e. The van der Waals surface area contributed by atoms with Crippen LogP contribution in [0.15, 0.2) is 41.8 Å². The number of para-hydroxylation sites is 1. The lowest BCUT2D eigenvalue weighted by Crippen LogP contribution is -2.39. The Balaban J connectivity index is 2.17. The third-order valence-corrected chi connectivity index (χ3v) is 3.92. The van der Waals surface area contributed by atoms with Crippen LogP contribution in [0.5, 0.6) is 0 Å². The van der Waals surface area contributed by atoms with Gasteiger partial charge in [0.1, 0.15) is 6.42 Å². The largest absolute Gasteiger partial charge is 0.328 e. The summed E-state index contributed by atoms with van der Waals surface area (Å²) >= 11 is 1.46. The lowest BCUT2D eigenvalue weighted by molar-refractivity contribution is -0.127. The average molecular weight is 313 g/mol. The lowest BCUT2D eigenvalue weighted by Gasteiger charge is -2.20. The summed E-state index contributed by atoms with van der Waals surface area (Å²) in [5, 5.41) is 13.3. The standard InChI is InChI=1S/C16H15N3O2S/c1-12-5-2-3-7-14(12)18-16(21)19(15(20)8-9-17)11-13-6-4-10-22-13/h2-7,10H,8,11H2,1H3,(H,18,21). The number of hydrogen-bond acceptors (Lipinski definition) is 4. The molecule has 0 aliphatic carbocycles. The number of thiophene rings is 1. The number of carbonyl (C=O) groups is 2. The van der Waals surface area contributed by atoms with E-state index in [-0.39, 0.29) is 13.0 Å². The first-order valence-electron chi connectivity index (χ1n) is 6.68. The van der Waals surface area contributed by atoms with Crippen LogP contribution in [-0.2, 0) is 11.3 Å². The molecule has 0 saturated heterocycles. The minimum absolute atomic E-state index is 0.163. The number of nitriles is 1. The van der Waals surface area contributed by atoms with Gasteiger partial charge < -0.3 is 5.32 Å². The van der Waals surface area contributed by atoms with Gasteiger partial charge in [0.2, 0.25) is 5.91 Å². The average Bonchev–Trinajstić information content (AvgIpc) is 3.00. The molecule has 1 aromatic heterocycles. The van der Waals surface area contributed by atoms with E-state index >= 15 is 0 Å². The number of hydrogen-bond donors (Lipinski definition) is 1. The van der Waals surface area contributed by atoms with E-state index in [2.05, 4.69) is 5.32 Å². The molecular formula is C16H15N3O2S. The molecular weight excluding hydrogens is 298 g/mol. The number of anilines is 1. The van der Waals surface area contributed by atoms with Gasteiger partial charge >= 0.3 is 6.03 Å². The number of imide groups is 1. The van der Waals surface area contributed by atoms with E-state index in [1.807, 2.05) is 42.6 Å². The van der Waals surface area contributed by atoms with Crippen molar-refractivity contribution < 1.29 is 9.59 Å². The molecule has 112 valence electrons. The summed E-state index contributed by atoms with van der Waals surface area (Å²) in [6, 6.07) is 12.3. The minimum Gasteiger partial charge on any atom is -0.307 e. The molecule has 6 heteroatoms. The molecule has 5 nitrogen and oxygen atoms in total. The van der Waals surface area contributed by atoms with Gasteiger partial charge in [-0.15, -0.1) is 11.3 Å². The second kappa shape index (κ2) is 7.38. The highest BCUT2D eigenvalue weighted by Gasteiger charge is 2.22. The fraction of sp³-hybridized carbons (Fsp3) is 0.188. The Morgan fingerprint density at radius 2 is 2.05 bits per heavy atom. The van der Waals surface area contributed by atoms with Crippen molar-refractivity contribution >= 4 is 29.0 Å². The molecule has 0 bridgehead atoms. The highest BCUT2D eigenvalue weighted by molar-refractivity contribution is 7.09. The zero-order chi connectivity index (χ0) is 15.9. The lowest BCUT2D eigenvalue weighted by atomic mass is 10.2. The van der Waals surface area contributed by atoms with Crippen LogP contribution in [0.2, 0.25) is 0 Å². The second-order valence-electron chi connectivity index (χ2n) is 4.64. The molecule has 2 aromatic rings. The number of benzene rings is 1. The molecule has 1 aromatic carbocycles. The molecule has 1 N–H and O–H groups in total. The van der Waals surface area contributed by atoms with Crippen LogP contribution >= 0.6 is 11.3 Å². The molecule has 0 spiro atoms. The summed E-state index contributed by atoms with van der Waals surface area (Å²) in [5.74, 6) is -0.512. The number of carbonyl (C=O) groups excluding carboxylic acids is 2. The number of aryl methyl sites for hydroxylation is 1. The first kappa shape index (κ1) is 15.7. The Hall–Kier alpha value is -2.65. The van der Waals surface area contributed by atoms with Gasteiger partial charge in [-0.3, -0.25) is 9.69 Å². The van der Waals surface area contributed by atoms with Gasteiger partial charge in [-0.25, -0.2) is 4.79 Å². The third-order valence-electron chi connectivity index (χ3n) is 3.06. The van der Waals surface area contributed by atoms with Gasteiger partial charge in [0.15, 0.2) is 0 Å². The maximum absolute atomic E-state index is 12.4. The highest BCUT2D eigenvalue weighted by atomic mass is 32.1. The predicted molar refractivity (Wildman–Crippen MR) is 85.3 cm³/mol. The number of amides is 3. The Morgan fingerprint density at radius 3 is 2.68 bits per heavy atom. The van der Waals surface area contributed by atoms with E-state index in [0.717, 1.165) is 15.3 Å². The Bertz CT molecular complexity index is 704. The quantitative estimate of drug-likeness (QED) is 0.938. The molecule has 0 aliphatic heterocycles. The number of rotatable bonds is 4. The van der Waals surface area contributed by atoms with Crippen LogP contribution in [0.3, 0.4) is 0 Å². The molecule has 22 heavy (non-hydrogen) atoms. The zero-order valence-electron chi connectivity index (χ0n) is 12.1. The molecule has 0 atom stereocenters. The van der Waals surface area contributed by atoms with E-state index in [0.29, 0.717) is 5.69 Å². The van der Waals surface area contributed by atoms with Crippen molar-refractivity contribution in [3.8, 4) is 6.07 Å². The van der Waals surface area contributed by atoms with Gasteiger partial charge in [-0.2, -0.15) is 5.26 Å². The monoisotopic (exact) mass is 313 g/mol. The van der Waals surface area contributed by atoms with Crippen LogP contribution in [-0.4, -0.2) is 16.8 Å². The van der Waals surface area contributed by atoms with Gasteiger partial charge in [-0.05, 0) is 30.0 Å². The molecule has 2 rings (SSSR count). The maximum Gasteiger partial charge on any atom is 0.328 e. The topological polar surface area (TPSA) is 73.2 Å². The fourth-order valence-corrected chi connectivity index (χ4v) is 2.58. The summed E-state index contributed by atoms with van der Waals surface area (Å²) in [6.45, 7) is 2.03. The van der Waals surface area contributed by atoms with Crippen molar-refractivity contribution in [2.24, 2.45) is 0 Å². The van der Waals surface area contributed by atoms with Crippen molar-refractivity contribution in [3.05, 3.63) is 52.2 Å². The van der Waals surface area contributed by atoms with E-state index in [1.165, 1.54) is 11.3 Å². The Kier molecular flexibility index (Phi) is 5.28. The van der Waals surface area contributed by atoms with Gasteiger partial charge in [0, 0.05) is 10.6 Å². The molecule has 0 aliphatic rings. The second-order valence-corrected chi connectivity index (χ2v) is 5.67. The van der Waals surface area contributed by atoms with E-state index in [4.69, 9.17) is 5.26 Å². The van der Waals surface area contributed by atoms with Gasteiger partial charge in [0.25, 0.3) is 0 Å². The van der Waals surface area contributed by atoms with Crippen LogP contribution in [0.4, 0.5) is 10.5 Å². The van der Waals surface area contributed by atoms with Crippen molar-refractivity contribution in [2.45, 2.75) is 19.9 Å². The number of urea groups is 1. The van der Waals surface area contributed by atoms with Gasteiger partial charge in [-0.1, -0.05) is 24.3 Å². The maximum atomic E-state index is 12.4. The van der Waals surface area contributed by atoms with Gasteiger partial charge in [0.05, 0.1) is 12.6 Å². The first-order chi connectivity index (χ1) is 10.6. The summed E-state index contributed by atoms with van der Waals surface area (Å²) in [6.07, 6.45) is -0.327. The Labute approximate surface area is 132 Å². The number of nitrogens with one attached hydrogen (secondary N) is 1. The molecule has 1 heterocycles. The van der Waals surface area contributed by atoms with E-state index in [9.17, 15) is 9.59 Å². The van der Waals surface area contributed by atoms with Crippen molar-refractivity contribution in [1.82, 2.24) is 4.90 Å². The van der Waals surface area contributed by atoms with E-state index in [1.54, 1.807) is 12.1 Å². The Morgan fingerprint density at radius 1 is 1.27 bits per heavy atom. The summed E-state index contributed by atoms with van der Waals surface area (Å²) in [5.41, 5.74) is 1.55. The molecule has 0 fully saturated rings. The molecule has 0 saturated carbocycles. The van der Waals surface area contributed by atoms with Crippen LogP contribution in [0.1, 0.15) is 16.9 Å². The van der Waals surface area contributed by atoms with Crippen LogP contribution in [0.25, 0.3) is 0 Å². The highest BCUT2D eigenvalue weighted by Crippen LogP contribution is 2.17. The first-order valence-corrected chi connectivity index (χ1v) is 7.56.